The maximum atomic E-state index is 10.9. The van der Waals surface area contributed by atoms with Crippen LogP contribution in [0.1, 0.15) is 40.0 Å². The first-order valence-corrected chi connectivity index (χ1v) is 4.44. The predicted molar refractivity (Wildman–Crippen MR) is 49.6 cm³/mol. The Morgan fingerprint density at radius 2 is 2.08 bits per heavy atom. The highest BCUT2D eigenvalue weighted by atomic mass is 16.1. The Kier molecular flexibility index (Phi) is 2.28. The Hall–Kier alpha value is -0.770. The average Bonchev–Trinajstić information content (AvgIpc) is 2.55. The zero-order valence-corrected chi connectivity index (χ0v) is 8.11. The third-order valence-electron chi connectivity index (χ3n) is 3.08. The van der Waals surface area contributed by atoms with Crippen molar-refractivity contribution in [1.82, 2.24) is 0 Å². The van der Waals surface area contributed by atoms with Crippen LogP contribution in [0.3, 0.4) is 0 Å². The van der Waals surface area contributed by atoms with E-state index in [0.29, 0.717) is 0 Å². The summed E-state index contributed by atoms with van der Waals surface area (Å²) in [7, 11) is 0. The molecule has 0 spiro atoms. The molecule has 0 saturated heterocycles. The van der Waals surface area contributed by atoms with E-state index < -0.39 is 0 Å². The molecule has 0 heterocycles. The van der Waals surface area contributed by atoms with Crippen LogP contribution >= 0.6 is 0 Å². The van der Waals surface area contributed by atoms with E-state index in [1.807, 2.05) is 6.92 Å². The summed E-state index contributed by atoms with van der Waals surface area (Å²) in [6.45, 7) is 6.15. The van der Waals surface area contributed by atoms with Gasteiger partial charge in [-0.25, -0.2) is 0 Å². The Bertz CT molecular complexity index is 241. The summed E-state index contributed by atoms with van der Waals surface area (Å²) >= 11 is 0. The molecule has 1 heteroatoms. The molecule has 12 heavy (non-hydrogen) atoms. The molecule has 0 amide bonds. The Morgan fingerprint density at radius 1 is 1.50 bits per heavy atom. The van der Waals surface area contributed by atoms with Gasteiger partial charge in [-0.15, -0.1) is 11.8 Å². The van der Waals surface area contributed by atoms with Gasteiger partial charge < -0.3 is 4.79 Å². The fourth-order valence-electron chi connectivity index (χ4n) is 1.84. The molecule has 0 bridgehead atoms. The van der Waals surface area contributed by atoms with Gasteiger partial charge in [0.15, 0.2) is 0 Å². The minimum atomic E-state index is -0.0448. The number of carbonyl (C=O) groups excluding carboxylic acids is 1. The first kappa shape index (κ1) is 9.32. The van der Waals surface area contributed by atoms with Crippen molar-refractivity contribution >= 4 is 6.29 Å². The molecule has 1 nitrogen and oxygen atoms in total. The first-order valence-electron chi connectivity index (χ1n) is 4.44. The van der Waals surface area contributed by atoms with Gasteiger partial charge in [0.05, 0.1) is 0 Å². The summed E-state index contributed by atoms with van der Waals surface area (Å²) in [6, 6.07) is 0. The Labute approximate surface area is 74.5 Å². The summed E-state index contributed by atoms with van der Waals surface area (Å²) in [4.78, 5) is 10.9. The summed E-state index contributed by atoms with van der Waals surface area (Å²) < 4.78 is 0. The number of hydrogen-bond acceptors (Lipinski definition) is 1. The molecule has 66 valence electrons. The third-order valence-corrected chi connectivity index (χ3v) is 3.08. The minimum Gasteiger partial charge on any atom is -0.303 e. The van der Waals surface area contributed by atoms with E-state index >= 15 is 0 Å². The molecule has 1 unspecified atom stereocenters. The van der Waals surface area contributed by atoms with Crippen molar-refractivity contribution in [2.75, 3.05) is 0 Å². The summed E-state index contributed by atoms with van der Waals surface area (Å²) in [5.41, 5.74) is 0.182. The van der Waals surface area contributed by atoms with Crippen molar-refractivity contribution < 1.29 is 4.79 Å². The van der Waals surface area contributed by atoms with Gasteiger partial charge in [-0.2, -0.15) is 0 Å². The zero-order chi connectivity index (χ0) is 9.24. The molecular weight excluding hydrogens is 148 g/mol. The van der Waals surface area contributed by atoms with Crippen molar-refractivity contribution in [2.24, 2.45) is 10.8 Å². The normalized spacial score (nSPS) is 30.2. The van der Waals surface area contributed by atoms with Crippen LogP contribution in [0.25, 0.3) is 0 Å². The van der Waals surface area contributed by atoms with Gasteiger partial charge >= 0.3 is 0 Å². The lowest BCUT2D eigenvalue weighted by Crippen LogP contribution is -2.09. The largest absolute Gasteiger partial charge is 0.303 e. The van der Waals surface area contributed by atoms with E-state index in [1.165, 1.54) is 0 Å². The molecule has 0 radical (unpaired) electrons. The van der Waals surface area contributed by atoms with Crippen LogP contribution in [0, 0.1) is 22.7 Å². The SMILES string of the molecule is CC#CCCC1(C=O)CC1(C)C. The van der Waals surface area contributed by atoms with E-state index in [1.54, 1.807) is 0 Å². The van der Waals surface area contributed by atoms with Crippen molar-refractivity contribution in [3.63, 3.8) is 0 Å². The first-order chi connectivity index (χ1) is 5.58. The predicted octanol–water partition coefficient (Wildman–Crippen LogP) is 2.41. The van der Waals surface area contributed by atoms with E-state index in [2.05, 4.69) is 25.7 Å². The van der Waals surface area contributed by atoms with Crippen molar-refractivity contribution in [3.05, 3.63) is 0 Å². The van der Waals surface area contributed by atoms with Gasteiger partial charge in [0, 0.05) is 11.8 Å². The lowest BCUT2D eigenvalue weighted by Gasteiger charge is -2.10. The molecule has 1 atom stereocenters. The second kappa shape index (κ2) is 2.94. The van der Waals surface area contributed by atoms with Crippen molar-refractivity contribution in [1.29, 1.82) is 0 Å². The maximum Gasteiger partial charge on any atom is 0.126 e. The van der Waals surface area contributed by atoms with E-state index in [0.717, 1.165) is 25.5 Å². The molecule has 1 saturated carbocycles. The second-order valence-corrected chi connectivity index (χ2v) is 4.26. The lowest BCUT2D eigenvalue weighted by atomic mass is 9.92. The second-order valence-electron chi connectivity index (χ2n) is 4.26. The topological polar surface area (TPSA) is 17.1 Å². The molecule has 1 fully saturated rings. The summed E-state index contributed by atoms with van der Waals surface area (Å²) in [5, 5.41) is 0. The van der Waals surface area contributed by atoms with Crippen LogP contribution < -0.4 is 0 Å². The highest BCUT2D eigenvalue weighted by molar-refractivity contribution is 5.66. The maximum absolute atomic E-state index is 10.9. The van der Waals surface area contributed by atoms with Gasteiger partial charge in [-0.05, 0) is 25.2 Å². The van der Waals surface area contributed by atoms with Crippen LogP contribution in [0.15, 0.2) is 0 Å². The fraction of sp³-hybridized carbons (Fsp3) is 0.727. The van der Waals surface area contributed by atoms with E-state index in [9.17, 15) is 4.79 Å². The van der Waals surface area contributed by atoms with E-state index in [4.69, 9.17) is 0 Å². The van der Waals surface area contributed by atoms with Crippen LogP contribution in [0.5, 0.6) is 0 Å². The van der Waals surface area contributed by atoms with Crippen molar-refractivity contribution in [3.8, 4) is 11.8 Å². The van der Waals surface area contributed by atoms with Gasteiger partial charge in [-0.1, -0.05) is 13.8 Å². The van der Waals surface area contributed by atoms with Crippen LogP contribution in [0.2, 0.25) is 0 Å². The van der Waals surface area contributed by atoms with Crippen LogP contribution in [-0.2, 0) is 4.79 Å². The van der Waals surface area contributed by atoms with E-state index in [-0.39, 0.29) is 10.8 Å². The smallest absolute Gasteiger partial charge is 0.126 e. The monoisotopic (exact) mass is 164 g/mol. The van der Waals surface area contributed by atoms with Crippen LogP contribution in [0.4, 0.5) is 0 Å². The molecule has 0 N–H and O–H groups in total. The summed E-state index contributed by atoms with van der Waals surface area (Å²) in [5.74, 6) is 5.86. The van der Waals surface area contributed by atoms with Gasteiger partial charge in [0.1, 0.15) is 6.29 Å². The molecule has 0 aliphatic heterocycles. The molecule has 0 aromatic carbocycles. The fourth-order valence-corrected chi connectivity index (χ4v) is 1.84. The molecule has 1 aliphatic rings. The average molecular weight is 164 g/mol. The minimum absolute atomic E-state index is 0.0448. The zero-order valence-electron chi connectivity index (χ0n) is 8.11. The highest BCUT2D eigenvalue weighted by Crippen LogP contribution is 2.64. The summed E-state index contributed by atoms with van der Waals surface area (Å²) in [6.07, 6.45) is 3.96. The molecule has 0 aromatic rings. The van der Waals surface area contributed by atoms with Gasteiger partial charge in [0.25, 0.3) is 0 Å². The molecule has 1 rings (SSSR count). The standard InChI is InChI=1S/C11H16O/c1-4-5-6-7-11(9-12)8-10(11,2)3/h9H,6-8H2,1-3H3. The van der Waals surface area contributed by atoms with Gasteiger partial charge in [0.2, 0.25) is 0 Å². The number of aldehydes is 1. The third kappa shape index (κ3) is 1.39. The van der Waals surface area contributed by atoms with Crippen molar-refractivity contribution in [2.45, 2.75) is 40.0 Å². The number of rotatable bonds is 3. The quantitative estimate of drug-likeness (QED) is 0.462. The van der Waals surface area contributed by atoms with Crippen LogP contribution in [-0.4, -0.2) is 6.29 Å². The number of hydrogen-bond donors (Lipinski definition) is 0. The van der Waals surface area contributed by atoms with Gasteiger partial charge in [-0.3, -0.25) is 0 Å². The molecule has 1 aliphatic carbocycles. The number of carbonyl (C=O) groups is 1. The Balaban J connectivity index is 2.48. The Morgan fingerprint density at radius 3 is 2.42 bits per heavy atom. The molecular formula is C11H16O. The lowest BCUT2D eigenvalue weighted by molar-refractivity contribution is -0.113. The molecule has 0 aromatic heterocycles. The highest BCUT2D eigenvalue weighted by Gasteiger charge is 2.60.